The largest absolute Gasteiger partial charge is 0.460 e. The maximum atomic E-state index is 13.2. The Morgan fingerprint density at radius 3 is 1.97 bits per heavy atom. The highest BCUT2D eigenvalue weighted by molar-refractivity contribution is 6.30. The molecule has 0 bridgehead atoms. The van der Waals surface area contributed by atoms with Crippen LogP contribution in [-0.4, -0.2) is 12.8 Å². The predicted molar refractivity (Wildman–Crippen MR) is 121 cm³/mol. The van der Waals surface area contributed by atoms with Gasteiger partial charge in [-0.15, -0.1) is 6.58 Å². The molecule has 0 spiro atoms. The van der Waals surface area contributed by atoms with Crippen LogP contribution in [0.2, 0.25) is 10.0 Å². The van der Waals surface area contributed by atoms with E-state index in [9.17, 15) is 4.79 Å². The predicted octanol–water partition coefficient (Wildman–Crippen LogP) is 6.33. The molecule has 0 saturated carbocycles. The topological polar surface area (TPSA) is 44.8 Å². The zero-order valence-corrected chi connectivity index (χ0v) is 18.2. The number of rotatable bonds is 7. The molecule has 4 rings (SSSR count). The molecule has 0 unspecified atom stereocenters. The van der Waals surface area contributed by atoms with Gasteiger partial charge in [0.05, 0.1) is 0 Å². The Balaban J connectivity index is 1.60. The van der Waals surface area contributed by atoms with Gasteiger partial charge in [-0.25, -0.2) is 0 Å². The van der Waals surface area contributed by atoms with E-state index in [4.69, 9.17) is 37.4 Å². The first-order valence-electron chi connectivity index (χ1n) is 9.75. The van der Waals surface area contributed by atoms with Gasteiger partial charge in [-0.3, -0.25) is 4.79 Å². The summed E-state index contributed by atoms with van der Waals surface area (Å²) in [4.78, 5) is 13.2. The van der Waals surface area contributed by atoms with E-state index in [1.807, 2.05) is 36.4 Å². The third-order valence-corrected chi connectivity index (χ3v) is 5.58. The fourth-order valence-corrected chi connectivity index (χ4v) is 3.77. The minimum absolute atomic E-state index is 0.107. The summed E-state index contributed by atoms with van der Waals surface area (Å²) in [5.74, 6) is 0.358. The molecule has 0 saturated heterocycles. The van der Waals surface area contributed by atoms with Crippen molar-refractivity contribution in [3.63, 3.8) is 0 Å². The Morgan fingerprint density at radius 1 is 0.935 bits per heavy atom. The van der Waals surface area contributed by atoms with Crippen molar-refractivity contribution >= 4 is 29.2 Å². The Hall–Kier alpha value is -2.95. The van der Waals surface area contributed by atoms with Gasteiger partial charge in [-0.2, -0.15) is 0 Å². The van der Waals surface area contributed by atoms with Crippen molar-refractivity contribution in [2.45, 2.75) is 18.9 Å². The molecule has 1 aliphatic rings. The number of halogens is 2. The molecular weight excluding hydrogens is 435 g/mol. The van der Waals surface area contributed by atoms with Crippen LogP contribution in [0.3, 0.4) is 0 Å². The third kappa shape index (κ3) is 4.87. The number of fused-ring (bicyclic) bond motifs is 1. The number of hydrogen-bond acceptors (Lipinski definition) is 4. The Labute approximate surface area is 191 Å². The van der Waals surface area contributed by atoms with Crippen molar-refractivity contribution in [2.75, 3.05) is 6.79 Å². The summed E-state index contributed by atoms with van der Waals surface area (Å²) in [7, 11) is 0. The summed E-state index contributed by atoms with van der Waals surface area (Å²) in [5, 5.41) is 1.20. The zero-order chi connectivity index (χ0) is 21.8. The molecule has 0 amide bonds. The molecule has 158 valence electrons. The Kier molecular flexibility index (Phi) is 6.50. The lowest BCUT2D eigenvalue weighted by Gasteiger charge is -2.18. The number of allylic oxidation sites excluding steroid dienone is 1. The fourth-order valence-electron chi connectivity index (χ4n) is 3.51. The smallest absolute Gasteiger partial charge is 0.318 e. The molecule has 0 aromatic heterocycles. The van der Waals surface area contributed by atoms with Gasteiger partial charge in [0, 0.05) is 10.0 Å². The Bertz CT molecular complexity index is 1050. The molecule has 0 aliphatic carbocycles. The van der Waals surface area contributed by atoms with Gasteiger partial charge in [0.15, 0.2) is 11.5 Å². The molecule has 1 aliphatic heterocycles. The highest BCUT2D eigenvalue weighted by Crippen LogP contribution is 2.36. The quantitative estimate of drug-likeness (QED) is 0.309. The van der Waals surface area contributed by atoms with Gasteiger partial charge in [-0.1, -0.05) is 53.5 Å². The van der Waals surface area contributed by atoms with Crippen molar-refractivity contribution in [3.8, 4) is 11.5 Å². The van der Waals surface area contributed by atoms with E-state index in [1.165, 1.54) is 0 Å². The van der Waals surface area contributed by atoms with E-state index in [0.717, 1.165) is 22.3 Å². The van der Waals surface area contributed by atoms with Crippen molar-refractivity contribution in [2.24, 2.45) is 0 Å². The van der Waals surface area contributed by atoms with Crippen LogP contribution in [0.25, 0.3) is 0 Å². The van der Waals surface area contributed by atoms with Crippen LogP contribution in [0.15, 0.2) is 73.3 Å². The second-order valence-electron chi connectivity index (χ2n) is 7.11. The second-order valence-corrected chi connectivity index (χ2v) is 7.98. The number of ether oxygens (including phenoxy) is 3. The van der Waals surface area contributed by atoms with E-state index in [2.05, 4.69) is 6.58 Å². The van der Waals surface area contributed by atoms with E-state index in [1.54, 1.807) is 30.3 Å². The standard InChI is InChI=1S/C25H20Cl2O4/c1-2-3-18-12-22-23(31-15-30-22)13-19(18)14-29-25(28)24(16-4-8-20(26)9-5-16)17-6-10-21(27)11-7-17/h2,4-13,24H,1,3,14-15H2. The van der Waals surface area contributed by atoms with Gasteiger partial charge in [-0.05, 0) is 65.1 Å². The average molecular weight is 455 g/mol. The number of benzene rings is 3. The van der Waals surface area contributed by atoms with Crippen molar-refractivity contribution in [1.29, 1.82) is 0 Å². The van der Waals surface area contributed by atoms with Gasteiger partial charge in [0.2, 0.25) is 6.79 Å². The first-order valence-corrected chi connectivity index (χ1v) is 10.5. The summed E-state index contributed by atoms with van der Waals surface area (Å²) >= 11 is 12.1. The molecule has 0 atom stereocenters. The summed E-state index contributed by atoms with van der Waals surface area (Å²) in [5.41, 5.74) is 3.40. The molecule has 6 heteroatoms. The SMILES string of the molecule is C=CCc1cc2c(cc1COC(=O)C(c1ccc(Cl)cc1)c1ccc(Cl)cc1)OCO2. The minimum atomic E-state index is -0.605. The zero-order valence-electron chi connectivity index (χ0n) is 16.6. The number of esters is 1. The lowest BCUT2D eigenvalue weighted by atomic mass is 9.91. The molecule has 0 fully saturated rings. The molecule has 3 aromatic carbocycles. The molecule has 4 nitrogen and oxygen atoms in total. The van der Waals surface area contributed by atoms with Gasteiger partial charge < -0.3 is 14.2 Å². The second kappa shape index (κ2) is 9.46. The summed E-state index contributed by atoms with van der Waals surface area (Å²) < 4.78 is 16.7. The molecule has 3 aromatic rings. The van der Waals surface area contributed by atoms with Crippen LogP contribution < -0.4 is 9.47 Å². The van der Waals surface area contributed by atoms with E-state index in [-0.39, 0.29) is 19.4 Å². The van der Waals surface area contributed by atoms with Gasteiger partial charge in [0.25, 0.3) is 0 Å². The summed E-state index contributed by atoms with van der Waals surface area (Å²) in [6.07, 6.45) is 2.43. The van der Waals surface area contributed by atoms with Crippen molar-refractivity contribution in [3.05, 3.63) is 106 Å². The van der Waals surface area contributed by atoms with Crippen LogP contribution in [0.4, 0.5) is 0 Å². The van der Waals surface area contributed by atoms with E-state index >= 15 is 0 Å². The van der Waals surface area contributed by atoms with Crippen LogP contribution >= 0.6 is 23.2 Å². The monoisotopic (exact) mass is 454 g/mol. The third-order valence-electron chi connectivity index (χ3n) is 5.07. The first kappa shape index (κ1) is 21.3. The van der Waals surface area contributed by atoms with Crippen molar-refractivity contribution in [1.82, 2.24) is 0 Å². The van der Waals surface area contributed by atoms with Gasteiger partial charge >= 0.3 is 5.97 Å². The lowest BCUT2D eigenvalue weighted by Crippen LogP contribution is -2.17. The van der Waals surface area contributed by atoms with Crippen LogP contribution in [0.5, 0.6) is 11.5 Å². The molecule has 31 heavy (non-hydrogen) atoms. The minimum Gasteiger partial charge on any atom is -0.460 e. The summed E-state index contributed by atoms with van der Waals surface area (Å²) in [6, 6.07) is 18.1. The summed E-state index contributed by atoms with van der Waals surface area (Å²) in [6.45, 7) is 4.10. The van der Waals surface area contributed by atoms with E-state index < -0.39 is 5.92 Å². The van der Waals surface area contributed by atoms with Gasteiger partial charge in [0.1, 0.15) is 12.5 Å². The van der Waals surface area contributed by atoms with E-state index in [0.29, 0.717) is 28.0 Å². The number of carbonyl (C=O) groups excluding carboxylic acids is 1. The fraction of sp³-hybridized carbons (Fsp3) is 0.160. The lowest BCUT2D eigenvalue weighted by molar-refractivity contribution is -0.145. The van der Waals surface area contributed by atoms with Crippen molar-refractivity contribution < 1.29 is 19.0 Å². The Morgan fingerprint density at radius 2 is 1.45 bits per heavy atom. The number of carbonyl (C=O) groups is 1. The van der Waals surface area contributed by atoms with Crippen LogP contribution in [-0.2, 0) is 22.6 Å². The molecule has 1 heterocycles. The highest BCUT2D eigenvalue weighted by atomic mass is 35.5. The average Bonchev–Trinajstić information content (AvgIpc) is 3.22. The molecule has 0 radical (unpaired) electrons. The molecular formula is C25H20Cl2O4. The number of hydrogen-bond donors (Lipinski definition) is 0. The first-order chi connectivity index (χ1) is 15.0. The van der Waals surface area contributed by atoms with Crippen LogP contribution in [0.1, 0.15) is 28.2 Å². The highest BCUT2D eigenvalue weighted by Gasteiger charge is 2.25. The maximum absolute atomic E-state index is 13.2. The molecule has 0 N–H and O–H groups in total. The maximum Gasteiger partial charge on any atom is 0.318 e. The van der Waals surface area contributed by atoms with Crippen LogP contribution in [0, 0.1) is 0 Å². The normalized spacial score (nSPS) is 12.1.